The largest absolute Gasteiger partial charge is 0.369 e. The molecular weight excluding hydrogens is 224 g/mol. The highest BCUT2D eigenvalue weighted by molar-refractivity contribution is 5.89. The van der Waals surface area contributed by atoms with Crippen molar-refractivity contribution >= 4 is 5.84 Å². The Balaban J connectivity index is 1.75. The maximum absolute atomic E-state index is 4.67. The third kappa shape index (κ3) is 2.53. The molecule has 1 aromatic heterocycles. The highest BCUT2D eigenvalue weighted by atomic mass is 15.1. The van der Waals surface area contributed by atoms with Crippen LogP contribution in [0.25, 0.3) is 0 Å². The molecule has 1 aromatic rings. The van der Waals surface area contributed by atoms with Crippen molar-refractivity contribution in [1.29, 1.82) is 0 Å². The third-order valence-corrected chi connectivity index (χ3v) is 3.74. The molecule has 1 fully saturated rings. The van der Waals surface area contributed by atoms with Crippen molar-refractivity contribution in [1.82, 2.24) is 15.6 Å². The summed E-state index contributed by atoms with van der Waals surface area (Å²) in [6.45, 7) is 1.81. The molecule has 4 heteroatoms. The van der Waals surface area contributed by atoms with Gasteiger partial charge in [-0.15, -0.1) is 0 Å². The van der Waals surface area contributed by atoms with E-state index in [4.69, 9.17) is 0 Å². The number of aliphatic imine (C=N–C) groups is 1. The molecular formula is C14H20N4. The average Bonchev–Trinajstić information content (AvgIpc) is 2.93. The van der Waals surface area contributed by atoms with E-state index in [1.165, 1.54) is 31.2 Å². The van der Waals surface area contributed by atoms with E-state index in [1.807, 2.05) is 18.5 Å². The van der Waals surface area contributed by atoms with Crippen LogP contribution >= 0.6 is 0 Å². The predicted molar refractivity (Wildman–Crippen MR) is 72.7 cm³/mol. The van der Waals surface area contributed by atoms with E-state index in [-0.39, 0.29) is 6.04 Å². The molecule has 3 rings (SSSR count). The first kappa shape index (κ1) is 11.7. The molecule has 0 amide bonds. The summed E-state index contributed by atoms with van der Waals surface area (Å²) in [7, 11) is 0. The minimum atomic E-state index is 0.188. The number of pyridine rings is 1. The smallest absolute Gasteiger partial charge is 0.118 e. The molecule has 1 aliphatic carbocycles. The van der Waals surface area contributed by atoms with Gasteiger partial charge in [-0.05, 0) is 24.5 Å². The molecule has 0 aromatic carbocycles. The molecule has 0 saturated heterocycles. The Kier molecular flexibility index (Phi) is 3.55. The van der Waals surface area contributed by atoms with Crippen LogP contribution in [-0.4, -0.2) is 30.0 Å². The van der Waals surface area contributed by atoms with Crippen LogP contribution in [0, 0.1) is 0 Å². The van der Waals surface area contributed by atoms with E-state index in [0.29, 0.717) is 6.04 Å². The van der Waals surface area contributed by atoms with Gasteiger partial charge in [0.15, 0.2) is 0 Å². The first-order chi connectivity index (χ1) is 8.93. The van der Waals surface area contributed by atoms with Gasteiger partial charge in [-0.1, -0.05) is 18.9 Å². The van der Waals surface area contributed by atoms with Crippen LogP contribution in [0.5, 0.6) is 0 Å². The number of hydrogen-bond acceptors (Lipinski definition) is 4. The fourth-order valence-corrected chi connectivity index (χ4v) is 2.80. The molecule has 2 N–H and O–H groups in total. The summed E-state index contributed by atoms with van der Waals surface area (Å²) in [4.78, 5) is 8.87. The molecule has 1 unspecified atom stereocenters. The minimum absolute atomic E-state index is 0.188. The van der Waals surface area contributed by atoms with E-state index >= 15 is 0 Å². The summed E-state index contributed by atoms with van der Waals surface area (Å²) < 4.78 is 0. The highest BCUT2D eigenvalue weighted by Crippen LogP contribution is 2.21. The molecule has 0 radical (unpaired) electrons. The number of nitrogens with one attached hydrogen (secondary N) is 2. The fourth-order valence-electron chi connectivity index (χ4n) is 2.80. The number of nitrogens with zero attached hydrogens (tertiary/aromatic N) is 2. The molecule has 0 spiro atoms. The standard InChI is InChI=1S/C14H20N4/c1-2-6-12(5-1)18-14-13(16-8-9-17-14)11-4-3-7-15-10-11/h3-4,7,10,12-13,16H,1-2,5-6,8-9H2,(H,17,18). The van der Waals surface area contributed by atoms with Crippen LogP contribution in [0.4, 0.5) is 0 Å². The number of amidine groups is 1. The normalized spacial score (nSPS) is 24.9. The van der Waals surface area contributed by atoms with Gasteiger partial charge in [0.2, 0.25) is 0 Å². The lowest BCUT2D eigenvalue weighted by Crippen LogP contribution is -2.45. The molecule has 1 aliphatic heterocycles. The van der Waals surface area contributed by atoms with Gasteiger partial charge in [-0.25, -0.2) is 0 Å². The summed E-state index contributed by atoms with van der Waals surface area (Å²) in [5.74, 6) is 1.10. The first-order valence-electron chi connectivity index (χ1n) is 6.87. The van der Waals surface area contributed by atoms with Crippen molar-refractivity contribution in [2.75, 3.05) is 13.1 Å². The molecule has 2 aliphatic rings. The van der Waals surface area contributed by atoms with Crippen LogP contribution < -0.4 is 10.6 Å². The molecule has 1 atom stereocenters. The van der Waals surface area contributed by atoms with Gasteiger partial charge in [0, 0.05) is 25.0 Å². The lowest BCUT2D eigenvalue weighted by molar-refractivity contribution is 0.558. The van der Waals surface area contributed by atoms with Crippen molar-refractivity contribution in [3.8, 4) is 0 Å². The first-order valence-corrected chi connectivity index (χ1v) is 6.87. The van der Waals surface area contributed by atoms with Crippen molar-refractivity contribution in [3.05, 3.63) is 30.1 Å². The average molecular weight is 244 g/mol. The SMILES string of the molecule is c1cncc(C2NCCN=C2NC2CCCC2)c1. The lowest BCUT2D eigenvalue weighted by atomic mass is 10.1. The van der Waals surface area contributed by atoms with E-state index in [1.54, 1.807) is 0 Å². The van der Waals surface area contributed by atoms with Gasteiger partial charge in [0.05, 0.1) is 12.6 Å². The molecule has 96 valence electrons. The van der Waals surface area contributed by atoms with Crippen molar-refractivity contribution < 1.29 is 0 Å². The Labute approximate surface area is 108 Å². The monoisotopic (exact) mass is 244 g/mol. The number of rotatable bonds is 2. The predicted octanol–water partition coefficient (Wildman–Crippen LogP) is 1.66. The van der Waals surface area contributed by atoms with E-state index in [9.17, 15) is 0 Å². The van der Waals surface area contributed by atoms with Gasteiger partial charge in [-0.2, -0.15) is 0 Å². The maximum Gasteiger partial charge on any atom is 0.118 e. The van der Waals surface area contributed by atoms with Crippen LogP contribution in [0.2, 0.25) is 0 Å². The highest BCUT2D eigenvalue weighted by Gasteiger charge is 2.24. The van der Waals surface area contributed by atoms with Gasteiger partial charge in [0.1, 0.15) is 5.84 Å². The zero-order valence-corrected chi connectivity index (χ0v) is 10.6. The Hall–Kier alpha value is -1.42. The topological polar surface area (TPSA) is 49.3 Å². The van der Waals surface area contributed by atoms with Gasteiger partial charge in [-0.3, -0.25) is 9.98 Å². The van der Waals surface area contributed by atoms with E-state index in [0.717, 1.165) is 18.9 Å². The van der Waals surface area contributed by atoms with E-state index < -0.39 is 0 Å². The lowest BCUT2D eigenvalue weighted by Gasteiger charge is -2.28. The Morgan fingerprint density at radius 3 is 2.94 bits per heavy atom. The summed E-state index contributed by atoms with van der Waals surface area (Å²) in [5, 5.41) is 7.15. The summed E-state index contributed by atoms with van der Waals surface area (Å²) in [6.07, 6.45) is 8.98. The summed E-state index contributed by atoms with van der Waals surface area (Å²) in [6, 6.07) is 4.90. The van der Waals surface area contributed by atoms with Crippen LogP contribution in [0.15, 0.2) is 29.5 Å². The van der Waals surface area contributed by atoms with Crippen LogP contribution in [-0.2, 0) is 0 Å². The fraction of sp³-hybridized carbons (Fsp3) is 0.571. The summed E-state index contributed by atoms with van der Waals surface area (Å²) in [5.41, 5.74) is 1.20. The van der Waals surface area contributed by atoms with Crippen molar-refractivity contribution in [2.45, 2.75) is 37.8 Å². The summed E-state index contributed by atoms with van der Waals surface area (Å²) >= 11 is 0. The maximum atomic E-state index is 4.67. The zero-order chi connectivity index (χ0) is 12.2. The van der Waals surface area contributed by atoms with Gasteiger partial charge in [0.25, 0.3) is 0 Å². The third-order valence-electron chi connectivity index (χ3n) is 3.74. The van der Waals surface area contributed by atoms with E-state index in [2.05, 4.69) is 26.7 Å². The molecule has 18 heavy (non-hydrogen) atoms. The second-order valence-electron chi connectivity index (χ2n) is 5.07. The quantitative estimate of drug-likeness (QED) is 0.832. The Morgan fingerprint density at radius 2 is 2.17 bits per heavy atom. The molecule has 4 nitrogen and oxygen atoms in total. The minimum Gasteiger partial charge on any atom is -0.369 e. The van der Waals surface area contributed by atoms with Gasteiger partial charge >= 0.3 is 0 Å². The van der Waals surface area contributed by atoms with Crippen molar-refractivity contribution in [2.24, 2.45) is 4.99 Å². The second-order valence-corrected chi connectivity index (χ2v) is 5.07. The Bertz CT molecular complexity index is 409. The zero-order valence-electron chi connectivity index (χ0n) is 10.6. The Morgan fingerprint density at radius 1 is 1.28 bits per heavy atom. The van der Waals surface area contributed by atoms with Crippen LogP contribution in [0.3, 0.4) is 0 Å². The number of aromatic nitrogens is 1. The number of hydrogen-bond donors (Lipinski definition) is 2. The molecule has 0 bridgehead atoms. The van der Waals surface area contributed by atoms with Crippen LogP contribution in [0.1, 0.15) is 37.3 Å². The molecule has 1 saturated carbocycles. The van der Waals surface area contributed by atoms with Crippen molar-refractivity contribution in [3.63, 3.8) is 0 Å². The van der Waals surface area contributed by atoms with Gasteiger partial charge < -0.3 is 10.6 Å². The molecule has 2 heterocycles. The second kappa shape index (κ2) is 5.48.